The van der Waals surface area contributed by atoms with E-state index < -0.39 is 28.6 Å². The van der Waals surface area contributed by atoms with Gasteiger partial charge in [-0.2, -0.15) is 4.72 Å². The van der Waals surface area contributed by atoms with Crippen LogP contribution < -0.4 is 4.72 Å². The van der Waals surface area contributed by atoms with Gasteiger partial charge in [0.05, 0.1) is 6.61 Å². The van der Waals surface area contributed by atoms with Crippen LogP contribution in [0.25, 0.3) is 0 Å². The Morgan fingerprint density at radius 1 is 1.56 bits per heavy atom. The third kappa shape index (κ3) is 2.99. The Morgan fingerprint density at radius 3 is 2.69 bits per heavy atom. The monoisotopic (exact) mass is 246 g/mol. The number of nitrogens with one attached hydrogen (secondary N) is 1. The van der Waals surface area contributed by atoms with Crippen molar-refractivity contribution < 1.29 is 23.4 Å². The fraction of sp³-hybridized carbons (Fsp3) is 0.250. The molecule has 0 saturated heterocycles. The average Bonchev–Trinajstić information content (AvgIpc) is 2.27. The van der Waals surface area contributed by atoms with Gasteiger partial charge < -0.3 is 10.2 Å². The molecule has 1 rings (SSSR count). The molecule has 0 aliphatic carbocycles. The van der Waals surface area contributed by atoms with Gasteiger partial charge in [-0.1, -0.05) is 0 Å². The first-order valence-corrected chi connectivity index (χ1v) is 5.71. The summed E-state index contributed by atoms with van der Waals surface area (Å²) in [6.45, 7) is -0.825. The van der Waals surface area contributed by atoms with E-state index in [1.165, 1.54) is 18.3 Å². The third-order valence-electron chi connectivity index (χ3n) is 1.72. The number of aliphatic hydroxyl groups excluding tert-OH is 1. The molecule has 7 nitrogen and oxygen atoms in total. The molecule has 0 bridgehead atoms. The van der Waals surface area contributed by atoms with E-state index in [1.807, 2.05) is 4.72 Å². The van der Waals surface area contributed by atoms with Crippen LogP contribution in [0.2, 0.25) is 0 Å². The van der Waals surface area contributed by atoms with Gasteiger partial charge in [0.25, 0.3) is 0 Å². The molecule has 16 heavy (non-hydrogen) atoms. The minimum atomic E-state index is -3.97. The van der Waals surface area contributed by atoms with Crippen molar-refractivity contribution in [1.29, 1.82) is 0 Å². The van der Waals surface area contributed by atoms with E-state index in [2.05, 4.69) is 4.98 Å². The van der Waals surface area contributed by atoms with Crippen LogP contribution in [-0.2, 0) is 14.8 Å². The molecule has 0 saturated carbocycles. The quantitative estimate of drug-likeness (QED) is 0.601. The maximum absolute atomic E-state index is 11.6. The van der Waals surface area contributed by atoms with Crippen LogP contribution in [0.5, 0.6) is 0 Å². The number of carboxylic acids is 1. The summed E-state index contributed by atoms with van der Waals surface area (Å²) in [4.78, 5) is 14.0. The number of aliphatic carboxylic acids is 1. The maximum Gasteiger partial charge on any atom is 0.324 e. The molecular formula is C8H10N2O5S. The van der Waals surface area contributed by atoms with Crippen LogP contribution in [0.3, 0.4) is 0 Å². The van der Waals surface area contributed by atoms with Crippen molar-refractivity contribution in [2.45, 2.75) is 10.9 Å². The van der Waals surface area contributed by atoms with E-state index in [0.717, 1.165) is 6.20 Å². The molecule has 1 aromatic heterocycles. The van der Waals surface area contributed by atoms with Gasteiger partial charge in [0.2, 0.25) is 10.0 Å². The molecule has 0 unspecified atom stereocenters. The highest BCUT2D eigenvalue weighted by atomic mass is 32.2. The van der Waals surface area contributed by atoms with Crippen molar-refractivity contribution in [3.05, 3.63) is 24.5 Å². The molecule has 0 amide bonds. The normalized spacial score (nSPS) is 13.3. The van der Waals surface area contributed by atoms with Gasteiger partial charge in [-0.25, -0.2) is 8.42 Å². The number of aromatic nitrogens is 1. The summed E-state index contributed by atoms with van der Waals surface area (Å²) in [6, 6.07) is 1.11. The molecule has 8 heteroatoms. The van der Waals surface area contributed by atoms with Gasteiger partial charge >= 0.3 is 5.97 Å². The minimum Gasteiger partial charge on any atom is -0.480 e. The zero-order valence-corrected chi connectivity index (χ0v) is 8.88. The molecule has 1 aromatic rings. The number of rotatable bonds is 5. The highest BCUT2D eigenvalue weighted by Gasteiger charge is 2.24. The smallest absolute Gasteiger partial charge is 0.324 e. The molecule has 3 N–H and O–H groups in total. The number of hydrogen-bond donors (Lipinski definition) is 3. The molecule has 0 radical (unpaired) electrons. The van der Waals surface area contributed by atoms with E-state index in [4.69, 9.17) is 10.2 Å². The number of hydrogen-bond acceptors (Lipinski definition) is 5. The Labute approximate surface area is 91.8 Å². The van der Waals surface area contributed by atoms with Crippen molar-refractivity contribution in [2.75, 3.05) is 6.61 Å². The van der Waals surface area contributed by atoms with Gasteiger partial charge in [-0.15, -0.1) is 0 Å². The molecule has 0 spiro atoms. The zero-order valence-electron chi connectivity index (χ0n) is 8.07. The fourth-order valence-electron chi connectivity index (χ4n) is 0.927. The highest BCUT2D eigenvalue weighted by molar-refractivity contribution is 7.89. The van der Waals surface area contributed by atoms with E-state index in [0.29, 0.717) is 0 Å². The van der Waals surface area contributed by atoms with Crippen LogP contribution in [0.1, 0.15) is 0 Å². The van der Waals surface area contributed by atoms with Gasteiger partial charge in [0.1, 0.15) is 10.9 Å². The third-order valence-corrected chi connectivity index (χ3v) is 3.18. The first kappa shape index (κ1) is 12.6. The Hall–Kier alpha value is -1.51. The van der Waals surface area contributed by atoms with Crippen molar-refractivity contribution >= 4 is 16.0 Å². The van der Waals surface area contributed by atoms with Gasteiger partial charge in [-0.3, -0.25) is 9.78 Å². The summed E-state index contributed by atoms with van der Waals surface area (Å²) in [6.07, 6.45) is 2.47. The Balaban J connectivity index is 2.92. The lowest BCUT2D eigenvalue weighted by molar-refractivity contribution is -0.139. The lowest BCUT2D eigenvalue weighted by Crippen LogP contribution is -2.43. The second-order valence-electron chi connectivity index (χ2n) is 2.88. The number of carbonyl (C=O) groups is 1. The molecule has 88 valence electrons. The molecule has 0 aliphatic rings. The second-order valence-corrected chi connectivity index (χ2v) is 4.60. The van der Waals surface area contributed by atoms with Crippen LogP contribution in [-0.4, -0.2) is 42.2 Å². The summed E-state index contributed by atoms with van der Waals surface area (Å²) >= 11 is 0. The topological polar surface area (TPSA) is 117 Å². The van der Waals surface area contributed by atoms with Crippen LogP contribution >= 0.6 is 0 Å². The Morgan fingerprint density at radius 2 is 2.25 bits per heavy atom. The van der Waals surface area contributed by atoms with E-state index in [-0.39, 0.29) is 4.90 Å². The van der Waals surface area contributed by atoms with Crippen LogP contribution in [0.4, 0.5) is 0 Å². The fourth-order valence-corrected chi connectivity index (χ4v) is 2.07. The van der Waals surface area contributed by atoms with Crippen LogP contribution in [0, 0.1) is 0 Å². The van der Waals surface area contributed by atoms with Gasteiger partial charge in [-0.05, 0) is 12.1 Å². The van der Waals surface area contributed by atoms with Crippen LogP contribution in [0.15, 0.2) is 29.4 Å². The molecule has 0 aliphatic heterocycles. The number of sulfonamides is 1. The highest BCUT2D eigenvalue weighted by Crippen LogP contribution is 2.06. The average molecular weight is 246 g/mol. The summed E-state index contributed by atoms with van der Waals surface area (Å²) in [5, 5.41) is 17.3. The van der Waals surface area contributed by atoms with Crippen molar-refractivity contribution in [2.24, 2.45) is 0 Å². The molecule has 0 aromatic carbocycles. The molecule has 1 heterocycles. The van der Waals surface area contributed by atoms with Crippen molar-refractivity contribution in [1.82, 2.24) is 9.71 Å². The SMILES string of the molecule is O=C(O)[C@H](CO)NS(=O)(=O)c1cccnc1. The number of aliphatic hydroxyl groups is 1. The first-order chi connectivity index (χ1) is 7.47. The Kier molecular flexibility index (Phi) is 3.93. The predicted octanol–water partition coefficient (Wildman–Crippen LogP) is -1.19. The number of carboxylic acid groups (broad SMARTS) is 1. The summed E-state index contributed by atoms with van der Waals surface area (Å²) in [7, 11) is -3.97. The zero-order chi connectivity index (χ0) is 12.2. The second kappa shape index (κ2) is 5.01. The van der Waals surface area contributed by atoms with E-state index in [9.17, 15) is 13.2 Å². The van der Waals surface area contributed by atoms with E-state index in [1.54, 1.807) is 0 Å². The Bertz CT molecular complexity index is 459. The van der Waals surface area contributed by atoms with Gasteiger partial charge in [0.15, 0.2) is 0 Å². The maximum atomic E-state index is 11.6. The minimum absolute atomic E-state index is 0.158. The standard InChI is InChI=1S/C8H10N2O5S/c11-5-7(8(12)13)10-16(14,15)6-2-1-3-9-4-6/h1-4,7,10-11H,5H2,(H,12,13)/t7-/m0/s1. The summed E-state index contributed by atoms with van der Waals surface area (Å²) in [5.74, 6) is -1.45. The van der Waals surface area contributed by atoms with E-state index >= 15 is 0 Å². The molecular weight excluding hydrogens is 236 g/mol. The van der Waals surface area contributed by atoms with Crippen molar-refractivity contribution in [3.63, 3.8) is 0 Å². The molecule has 1 atom stereocenters. The lowest BCUT2D eigenvalue weighted by atomic mass is 10.3. The summed E-state index contributed by atoms with van der Waals surface area (Å²) < 4.78 is 25.0. The molecule has 0 fully saturated rings. The predicted molar refractivity (Wildman–Crippen MR) is 53.1 cm³/mol. The first-order valence-electron chi connectivity index (χ1n) is 4.23. The largest absolute Gasteiger partial charge is 0.480 e. The van der Waals surface area contributed by atoms with Crippen molar-refractivity contribution in [3.8, 4) is 0 Å². The number of pyridine rings is 1. The lowest BCUT2D eigenvalue weighted by Gasteiger charge is -2.11. The van der Waals surface area contributed by atoms with Gasteiger partial charge in [0, 0.05) is 12.4 Å². The number of nitrogens with zero attached hydrogens (tertiary/aromatic N) is 1. The summed E-state index contributed by atoms with van der Waals surface area (Å²) in [5.41, 5.74) is 0.